The van der Waals surface area contributed by atoms with Gasteiger partial charge in [-0.05, 0) is 246 Å². The number of rotatable bonds is 23. The summed E-state index contributed by atoms with van der Waals surface area (Å²) in [6, 6.07) is 50.3. The van der Waals surface area contributed by atoms with Crippen LogP contribution < -0.4 is 24.6 Å². The summed E-state index contributed by atoms with van der Waals surface area (Å²) >= 11 is 43.2. The van der Waals surface area contributed by atoms with Crippen LogP contribution in [-0.2, 0) is 59.0 Å². The third-order valence-electron chi connectivity index (χ3n) is 19.1. The molecule has 13 aromatic rings. The Labute approximate surface area is 860 Å². The molecule has 6 unspecified atom stereocenters. The van der Waals surface area contributed by atoms with E-state index >= 15 is 0 Å². The molecule has 0 bridgehead atoms. The van der Waals surface area contributed by atoms with E-state index in [1.807, 2.05) is 149 Å². The van der Waals surface area contributed by atoms with E-state index < -0.39 is 27.0 Å². The average molecular weight is 2360 g/mol. The van der Waals surface area contributed by atoms with Crippen LogP contribution in [0.5, 0.6) is 0 Å². The monoisotopic (exact) mass is 2350 g/mol. The minimum absolute atomic E-state index is 0. The Bertz CT molecular complexity index is 5420. The molecule has 9 atom stereocenters. The zero-order chi connectivity index (χ0) is 92.7. The van der Waals surface area contributed by atoms with Gasteiger partial charge in [0, 0.05) is 109 Å². The van der Waals surface area contributed by atoms with Gasteiger partial charge in [-0.15, -0.1) is 56.7 Å². The summed E-state index contributed by atoms with van der Waals surface area (Å²) in [6.07, 6.45) is 18.4. The van der Waals surface area contributed by atoms with Crippen LogP contribution >= 0.6 is 194 Å². The van der Waals surface area contributed by atoms with Gasteiger partial charge in [0.25, 0.3) is 0 Å². The quantitative estimate of drug-likeness (QED) is 0.0134. The number of unbranched alkanes of at least 4 members (excludes halogenated alkanes) is 1. The van der Waals surface area contributed by atoms with Crippen molar-refractivity contribution in [1.82, 2.24) is 29.9 Å². The molecule has 1 aliphatic heterocycles. The summed E-state index contributed by atoms with van der Waals surface area (Å²) in [5.41, 5.74) is 16.9. The van der Waals surface area contributed by atoms with E-state index in [9.17, 15) is 19.8 Å². The molecular formula is C94H101Br5Cl3ILiMnN7O11S5. The van der Waals surface area contributed by atoms with E-state index in [4.69, 9.17) is 71.9 Å². The predicted octanol–water partition coefficient (Wildman–Crippen LogP) is 25.4. The van der Waals surface area contributed by atoms with Crippen LogP contribution in [0.15, 0.2) is 238 Å². The number of nitrogens with two attached hydrogens (primary N) is 1. The molecule has 34 heteroatoms. The number of carbonyl (C=O) groups excluding carboxylic acids is 2. The average Bonchev–Trinajstić information content (AvgIpc) is 1.68. The summed E-state index contributed by atoms with van der Waals surface area (Å²) in [5.74, 6) is 1.60. The van der Waals surface area contributed by atoms with Crippen LogP contribution in [0.2, 0.25) is 15.5 Å². The third-order valence-corrected chi connectivity index (χ3v) is 28.6. The zero-order valence-electron chi connectivity index (χ0n) is 72.2. The van der Waals surface area contributed by atoms with Gasteiger partial charge < -0.3 is 46.6 Å². The van der Waals surface area contributed by atoms with Crippen LogP contribution in [-0.4, -0.2) is 99.9 Å². The first-order chi connectivity index (χ1) is 61.2. The van der Waals surface area contributed by atoms with E-state index in [-0.39, 0.29) is 59.4 Å². The molecule has 1 aliphatic carbocycles. The standard InChI is InChI=1S/C17H14BrClN2O2S.C17H12BrClN2O2S.C14H15BrOS.C13H11BrO2S.C13H13BrOS.C8H17N.C4H2ClIN2.C4H8O.C4H9.Li.Mn.2O/c2*1-23-16(10-3-2-4-12(18)5-10)11-6-14(24-8-11)15(22)13-7-20-9-21-17(13)19;1-3-13-8-11(9-17-13)14(16-2)10-5-4-6-12(15)7-10;1-16-13(9-3-2-4-11(14)5-9)10-6-12(7-15)17-8-10;1-2-12-7-10(8-16-12)13(15)9-4-3-5-11(14)6-9;1-3-7-5-8(9)4-6(7)2;5-4-3(6)1-7-2-8-4;1-2-4-5-3-1;1-3-4-2;;;;/h2-9,15-16,22H,1H3;2-9,16H,1H3;4-9,14H,3H2,1-2H3;2-8,13H,1H3;3-8,13,15H,2H2,1H3;6-8H,3-5,9H2,1-2H3;1-2H;1-4H2;1,3-4H2,2H3;;;;/q;;;;;;;;-1;+1;;;/t;;;;;6-,7-,8-;;;;;;;/m.....0......./s1. The predicted molar refractivity (Wildman–Crippen MR) is 539 cm³/mol. The van der Waals surface area contributed by atoms with Crippen molar-refractivity contribution in [3.8, 4) is 0 Å². The molecule has 8 aromatic heterocycles. The summed E-state index contributed by atoms with van der Waals surface area (Å²) in [4.78, 5) is 51.0. The van der Waals surface area contributed by atoms with Gasteiger partial charge in [0.1, 0.15) is 71.1 Å². The Morgan fingerprint density at radius 1 is 0.547 bits per heavy atom. The fourth-order valence-electron chi connectivity index (χ4n) is 12.7. The molecular weight excluding hydrogens is 2260 g/mol. The number of halogens is 9. The van der Waals surface area contributed by atoms with Crippen molar-refractivity contribution in [3.05, 3.63) is 356 Å². The molecule has 128 heavy (non-hydrogen) atoms. The van der Waals surface area contributed by atoms with Crippen molar-refractivity contribution in [1.29, 1.82) is 0 Å². The van der Waals surface area contributed by atoms with Gasteiger partial charge in [0.2, 0.25) is 5.78 Å². The van der Waals surface area contributed by atoms with Gasteiger partial charge in [-0.2, -0.15) is 6.42 Å². The number of benzene rings is 5. The maximum atomic E-state index is 12.6. The summed E-state index contributed by atoms with van der Waals surface area (Å²) in [5, 5.41) is 31.8. The van der Waals surface area contributed by atoms with E-state index in [1.165, 1.54) is 125 Å². The number of aliphatic hydroxyl groups excluding tert-OH is 2. The Morgan fingerprint density at radius 2 is 0.945 bits per heavy atom. The number of methoxy groups -OCH3 is 4. The number of thiophene rings is 5. The van der Waals surface area contributed by atoms with Crippen LogP contribution in [0.4, 0.5) is 0 Å². The number of carbonyl (C=O) groups is 2. The molecule has 2 aliphatic rings. The molecule has 0 amide bonds. The van der Waals surface area contributed by atoms with Crippen molar-refractivity contribution >= 4 is 206 Å². The number of aromatic nitrogens is 6. The van der Waals surface area contributed by atoms with Gasteiger partial charge in [-0.3, -0.25) is 9.59 Å². The molecule has 1 saturated carbocycles. The maximum absolute atomic E-state index is 12.6. The first-order valence-electron chi connectivity index (χ1n) is 39.9. The minimum atomic E-state index is -1.44. The number of hydrogen-bond donors (Lipinski definition) is 3. The normalized spacial score (nSPS) is 14.7. The summed E-state index contributed by atoms with van der Waals surface area (Å²) < 4.78 is 50.1. The zero-order valence-corrected chi connectivity index (χ0v) is 89.8. The van der Waals surface area contributed by atoms with Gasteiger partial charge in [0.05, 0.1) is 18.9 Å². The van der Waals surface area contributed by atoms with Crippen molar-refractivity contribution < 1.29 is 84.8 Å². The van der Waals surface area contributed by atoms with Crippen LogP contribution in [0.25, 0.3) is 0 Å². The molecule has 1 saturated heterocycles. The molecule has 679 valence electrons. The fourth-order valence-corrected chi connectivity index (χ4v) is 19.8. The molecule has 0 radical (unpaired) electrons. The van der Waals surface area contributed by atoms with Gasteiger partial charge >= 0.3 is 41.4 Å². The SMILES string of the molecule is C1CCOC1.CC[C@H]1C[C@@H](N)C[C@@H]1C.CCc1cc(C(O)c2cccc(Br)c2)cs1.CCc1cc(C(OC)c2cccc(Br)c2)cs1.COC(c1cccc(Br)c1)c1csc(C(=O)c2cncnc2Cl)c1.COC(c1cccc(Br)c1)c1csc(C(O)c2cncnc2Cl)c1.COC(c1cccc(Br)c1)c1csc(C=O)c1.Clc1ncncc1I.[CH2-]CCC.[Li+].[O]=[Mn]=[O]. The first kappa shape index (κ1) is 114. The molecule has 5 aromatic carbocycles. The Hall–Kier alpha value is -4.42. The number of aliphatic hydroxyl groups is 2. The van der Waals surface area contributed by atoms with Crippen molar-refractivity contribution in [2.24, 2.45) is 17.6 Å². The summed E-state index contributed by atoms with van der Waals surface area (Å²) in [6.45, 7) is 16.6. The molecule has 0 spiro atoms. The third kappa shape index (κ3) is 38.7. The second-order valence-corrected chi connectivity index (χ2v) is 39.8. The molecule has 18 nitrogen and oxygen atoms in total. The Kier molecular flexibility index (Phi) is 56.8. The van der Waals surface area contributed by atoms with Crippen molar-refractivity contribution in [2.75, 3.05) is 41.7 Å². The fraction of sp³-hybridized carbons (Fsp3) is 0.309. The Morgan fingerprint density at radius 3 is 1.31 bits per heavy atom. The second-order valence-electron chi connectivity index (χ2n) is 28.0. The number of aldehydes is 1. The number of nitrogens with zero attached hydrogens (tertiary/aromatic N) is 6. The van der Waals surface area contributed by atoms with Crippen LogP contribution in [0.3, 0.4) is 0 Å². The van der Waals surface area contributed by atoms with E-state index in [1.54, 1.807) is 57.3 Å². The van der Waals surface area contributed by atoms with E-state index in [0.29, 0.717) is 27.2 Å². The number of ketones is 1. The molecule has 2 fully saturated rings. The first-order valence-corrected chi connectivity index (χ1v) is 51.5. The topological polar surface area (TPSA) is 258 Å². The van der Waals surface area contributed by atoms with Gasteiger partial charge in [0.15, 0.2) is 6.29 Å². The van der Waals surface area contributed by atoms with E-state index in [0.717, 1.165) is 131 Å². The molecule has 4 N–H and O–H groups in total. The van der Waals surface area contributed by atoms with E-state index in [2.05, 4.69) is 203 Å². The van der Waals surface area contributed by atoms with Crippen molar-refractivity contribution in [2.45, 2.75) is 135 Å². The van der Waals surface area contributed by atoms with Gasteiger partial charge in [-0.1, -0.05) is 223 Å². The number of ether oxygens (including phenoxy) is 5. The van der Waals surface area contributed by atoms with Crippen LogP contribution in [0.1, 0.15) is 217 Å². The summed E-state index contributed by atoms with van der Waals surface area (Å²) in [7, 11) is 6.74. The second kappa shape index (κ2) is 63.8. The number of aryl methyl sites for hydroxylation is 2. The molecule has 15 rings (SSSR count). The number of hydrogen-bond acceptors (Lipinski definition) is 23. The van der Waals surface area contributed by atoms with Crippen molar-refractivity contribution in [3.63, 3.8) is 0 Å². The van der Waals surface area contributed by atoms with Gasteiger partial charge in [-0.25, -0.2) is 29.9 Å². The Balaban J connectivity index is 0.000000264. The van der Waals surface area contributed by atoms with Crippen LogP contribution in [0, 0.1) is 22.3 Å². The molecule has 9 heterocycles.